The van der Waals surface area contributed by atoms with Crippen molar-refractivity contribution in [2.45, 2.75) is 34.2 Å². The predicted octanol–water partition coefficient (Wildman–Crippen LogP) is 4.81. The van der Waals surface area contributed by atoms with Crippen LogP contribution in [0.25, 0.3) is 0 Å². The molecule has 1 heterocycles. The van der Waals surface area contributed by atoms with Crippen LogP contribution >= 0.6 is 0 Å². The van der Waals surface area contributed by atoms with Gasteiger partial charge in [-0.1, -0.05) is 36.4 Å². The summed E-state index contributed by atoms with van der Waals surface area (Å²) in [7, 11) is 0. The van der Waals surface area contributed by atoms with Gasteiger partial charge in [0.25, 0.3) is 5.91 Å². The number of carbonyl (C=O) groups excluding carboxylic acids is 1. The molecule has 0 aliphatic heterocycles. The van der Waals surface area contributed by atoms with Crippen LogP contribution in [0.1, 0.15) is 39.8 Å². The molecule has 144 valence electrons. The lowest BCUT2D eigenvalue weighted by molar-refractivity contribution is 0.0746. The van der Waals surface area contributed by atoms with Crippen LogP contribution in [0, 0.1) is 20.8 Å². The standard InChI is InChI=1S/C23H26N4O/c1-5-27(15-19-9-7-6-8-10-19)22(28)21-14-18(4)24-23(26-21)25-20-12-11-16(2)17(3)13-20/h6-14H,5,15H2,1-4H3,(H,24,25,26). The first-order valence-corrected chi connectivity index (χ1v) is 9.49. The molecule has 1 aromatic heterocycles. The number of aryl methyl sites for hydroxylation is 3. The van der Waals surface area contributed by atoms with Crippen molar-refractivity contribution in [1.82, 2.24) is 14.9 Å². The molecule has 0 bridgehead atoms. The SMILES string of the molecule is CCN(Cc1ccccc1)C(=O)c1cc(C)nc(Nc2ccc(C)c(C)c2)n1. The van der Waals surface area contributed by atoms with Gasteiger partial charge in [-0.25, -0.2) is 9.97 Å². The van der Waals surface area contributed by atoms with Crippen LogP contribution in [-0.2, 0) is 6.54 Å². The van der Waals surface area contributed by atoms with E-state index in [2.05, 4.69) is 41.3 Å². The van der Waals surface area contributed by atoms with Crippen LogP contribution in [0.3, 0.4) is 0 Å². The summed E-state index contributed by atoms with van der Waals surface area (Å²) in [5, 5.41) is 3.22. The summed E-state index contributed by atoms with van der Waals surface area (Å²) >= 11 is 0. The van der Waals surface area contributed by atoms with E-state index in [0.717, 1.165) is 16.9 Å². The third kappa shape index (κ3) is 4.74. The minimum absolute atomic E-state index is 0.0972. The molecular formula is C23H26N4O. The summed E-state index contributed by atoms with van der Waals surface area (Å²) in [6.45, 7) is 9.15. The molecule has 0 saturated carbocycles. The number of anilines is 2. The van der Waals surface area contributed by atoms with Gasteiger partial charge >= 0.3 is 0 Å². The lowest BCUT2D eigenvalue weighted by atomic mass is 10.1. The fourth-order valence-corrected chi connectivity index (χ4v) is 2.98. The Morgan fingerprint density at radius 2 is 1.71 bits per heavy atom. The first kappa shape index (κ1) is 19.5. The van der Waals surface area contributed by atoms with Crippen molar-refractivity contribution < 1.29 is 4.79 Å². The quantitative estimate of drug-likeness (QED) is 0.673. The van der Waals surface area contributed by atoms with Crippen molar-refractivity contribution in [3.05, 3.63) is 82.7 Å². The summed E-state index contributed by atoms with van der Waals surface area (Å²) in [5.74, 6) is 0.336. The summed E-state index contributed by atoms with van der Waals surface area (Å²) in [6.07, 6.45) is 0. The van der Waals surface area contributed by atoms with E-state index in [4.69, 9.17) is 0 Å². The van der Waals surface area contributed by atoms with Gasteiger partial charge in [0.15, 0.2) is 0 Å². The van der Waals surface area contributed by atoms with Crippen LogP contribution in [0.4, 0.5) is 11.6 Å². The van der Waals surface area contributed by atoms with Crippen molar-refractivity contribution in [2.24, 2.45) is 0 Å². The summed E-state index contributed by atoms with van der Waals surface area (Å²) < 4.78 is 0. The highest BCUT2D eigenvalue weighted by Crippen LogP contribution is 2.18. The van der Waals surface area contributed by atoms with Crippen molar-refractivity contribution in [3.8, 4) is 0 Å². The highest BCUT2D eigenvalue weighted by atomic mass is 16.2. The number of hydrogen-bond acceptors (Lipinski definition) is 4. The molecule has 0 aliphatic rings. The van der Waals surface area contributed by atoms with Gasteiger partial charge in [-0.15, -0.1) is 0 Å². The second-order valence-electron chi connectivity index (χ2n) is 6.95. The zero-order valence-corrected chi connectivity index (χ0v) is 16.9. The Morgan fingerprint density at radius 1 is 0.964 bits per heavy atom. The second-order valence-corrected chi connectivity index (χ2v) is 6.95. The van der Waals surface area contributed by atoms with Crippen LogP contribution in [-0.4, -0.2) is 27.3 Å². The molecule has 0 fully saturated rings. The number of amides is 1. The Morgan fingerprint density at radius 3 is 2.39 bits per heavy atom. The molecule has 0 radical (unpaired) electrons. The highest BCUT2D eigenvalue weighted by Gasteiger charge is 2.18. The Balaban J connectivity index is 1.82. The molecule has 1 N–H and O–H groups in total. The number of rotatable bonds is 6. The molecule has 5 heteroatoms. The fraction of sp³-hybridized carbons (Fsp3) is 0.261. The molecule has 3 rings (SSSR count). The monoisotopic (exact) mass is 374 g/mol. The van der Waals surface area contributed by atoms with E-state index in [9.17, 15) is 4.79 Å². The van der Waals surface area contributed by atoms with Crippen LogP contribution in [0.5, 0.6) is 0 Å². The lowest BCUT2D eigenvalue weighted by Crippen LogP contribution is -2.31. The molecule has 0 spiro atoms. The van der Waals surface area contributed by atoms with Gasteiger partial charge in [0.2, 0.25) is 5.95 Å². The maximum absolute atomic E-state index is 13.0. The van der Waals surface area contributed by atoms with E-state index < -0.39 is 0 Å². The Bertz CT molecular complexity index is 970. The summed E-state index contributed by atoms with van der Waals surface area (Å²) in [6, 6.07) is 17.8. The first-order valence-electron chi connectivity index (χ1n) is 9.49. The number of aromatic nitrogens is 2. The van der Waals surface area contributed by atoms with Crippen molar-refractivity contribution in [1.29, 1.82) is 0 Å². The summed E-state index contributed by atoms with van der Waals surface area (Å²) in [5.41, 5.74) is 5.57. The van der Waals surface area contributed by atoms with Gasteiger partial charge < -0.3 is 10.2 Å². The number of nitrogens with zero attached hydrogens (tertiary/aromatic N) is 3. The molecular weight excluding hydrogens is 348 g/mol. The number of carbonyl (C=O) groups is 1. The molecule has 0 unspecified atom stereocenters. The van der Waals surface area contributed by atoms with E-state index in [1.807, 2.05) is 50.2 Å². The molecule has 0 atom stereocenters. The van der Waals surface area contributed by atoms with Gasteiger partial charge in [0.1, 0.15) is 5.69 Å². The predicted molar refractivity (Wildman–Crippen MR) is 113 cm³/mol. The molecule has 0 saturated heterocycles. The Kier molecular flexibility index (Phi) is 6.04. The minimum Gasteiger partial charge on any atom is -0.333 e. The van der Waals surface area contributed by atoms with E-state index in [-0.39, 0.29) is 5.91 Å². The molecule has 0 aliphatic carbocycles. The molecule has 3 aromatic rings. The molecule has 5 nitrogen and oxygen atoms in total. The van der Waals surface area contributed by atoms with Crippen LogP contribution in [0.2, 0.25) is 0 Å². The highest BCUT2D eigenvalue weighted by molar-refractivity contribution is 5.92. The van der Waals surface area contributed by atoms with E-state index in [0.29, 0.717) is 24.7 Å². The zero-order valence-electron chi connectivity index (χ0n) is 16.9. The lowest BCUT2D eigenvalue weighted by Gasteiger charge is -2.21. The zero-order chi connectivity index (χ0) is 20.1. The third-order valence-electron chi connectivity index (χ3n) is 4.72. The third-order valence-corrected chi connectivity index (χ3v) is 4.72. The fourth-order valence-electron chi connectivity index (χ4n) is 2.98. The van der Waals surface area contributed by atoms with E-state index in [1.54, 1.807) is 11.0 Å². The number of benzene rings is 2. The van der Waals surface area contributed by atoms with E-state index >= 15 is 0 Å². The average Bonchev–Trinajstić information content (AvgIpc) is 2.69. The van der Waals surface area contributed by atoms with Crippen LogP contribution < -0.4 is 5.32 Å². The molecule has 28 heavy (non-hydrogen) atoms. The van der Waals surface area contributed by atoms with Crippen molar-refractivity contribution in [2.75, 3.05) is 11.9 Å². The smallest absolute Gasteiger partial charge is 0.272 e. The van der Waals surface area contributed by atoms with Gasteiger partial charge in [0, 0.05) is 24.5 Å². The van der Waals surface area contributed by atoms with Crippen LogP contribution in [0.15, 0.2) is 54.6 Å². The molecule has 1 amide bonds. The number of hydrogen-bond donors (Lipinski definition) is 1. The maximum Gasteiger partial charge on any atom is 0.272 e. The second kappa shape index (κ2) is 8.65. The largest absolute Gasteiger partial charge is 0.333 e. The van der Waals surface area contributed by atoms with Crippen molar-refractivity contribution >= 4 is 17.5 Å². The van der Waals surface area contributed by atoms with Crippen molar-refractivity contribution in [3.63, 3.8) is 0 Å². The van der Waals surface area contributed by atoms with Gasteiger partial charge in [0.05, 0.1) is 0 Å². The number of nitrogens with one attached hydrogen (secondary N) is 1. The Hall–Kier alpha value is -3.21. The van der Waals surface area contributed by atoms with Gasteiger partial charge in [-0.2, -0.15) is 0 Å². The normalized spacial score (nSPS) is 10.6. The first-order chi connectivity index (χ1) is 13.5. The maximum atomic E-state index is 13.0. The van der Waals surface area contributed by atoms with Gasteiger partial charge in [-0.3, -0.25) is 4.79 Å². The summed E-state index contributed by atoms with van der Waals surface area (Å²) in [4.78, 5) is 23.8. The Labute approximate surface area is 166 Å². The topological polar surface area (TPSA) is 58.1 Å². The average molecular weight is 374 g/mol. The van der Waals surface area contributed by atoms with E-state index in [1.165, 1.54) is 11.1 Å². The molecule has 2 aromatic carbocycles. The minimum atomic E-state index is -0.0972. The van der Waals surface area contributed by atoms with Gasteiger partial charge in [-0.05, 0) is 62.6 Å².